The van der Waals surface area contributed by atoms with Gasteiger partial charge in [-0.05, 0) is 38.2 Å². The van der Waals surface area contributed by atoms with Gasteiger partial charge < -0.3 is 10.1 Å². The van der Waals surface area contributed by atoms with E-state index in [2.05, 4.69) is 32.3 Å². The van der Waals surface area contributed by atoms with Crippen LogP contribution in [0.1, 0.15) is 41.4 Å². The third-order valence-corrected chi connectivity index (χ3v) is 4.76. The Kier molecular flexibility index (Phi) is 4.50. The molecule has 1 aliphatic rings. The summed E-state index contributed by atoms with van der Waals surface area (Å²) in [6.07, 6.45) is 6.35. The number of hydrogen-bond donors (Lipinski definition) is 1. The quantitative estimate of drug-likeness (QED) is 0.751. The summed E-state index contributed by atoms with van der Waals surface area (Å²) in [5.74, 6) is 2.15. The van der Waals surface area contributed by atoms with Gasteiger partial charge >= 0.3 is 0 Å². The molecular weight excluding hydrogens is 330 g/mol. The molecule has 3 aromatic heterocycles. The fraction of sp³-hybridized carbons (Fsp3) is 0.500. The average molecular weight is 353 g/mol. The topological polar surface area (TPSA) is 90.6 Å². The van der Waals surface area contributed by atoms with Crippen molar-refractivity contribution in [2.75, 3.05) is 12.4 Å². The van der Waals surface area contributed by atoms with E-state index in [-0.39, 0.29) is 0 Å². The molecule has 3 aromatic rings. The number of aromatic nitrogens is 6. The van der Waals surface area contributed by atoms with Gasteiger partial charge in [0, 0.05) is 25.5 Å². The normalized spacial score (nSPS) is 13.8. The van der Waals surface area contributed by atoms with Gasteiger partial charge in [0.15, 0.2) is 11.5 Å². The highest BCUT2D eigenvalue weighted by Crippen LogP contribution is 2.23. The van der Waals surface area contributed by atoms with Crippen molar-refractivity contribution in [2.45, 2.75) is 45.8 Å². The van der Waals surface area contributed by atoms with Crippen LogP contribution in [0.15, 0.2) is 6.20 Å². The molecule has 0 aliphatic heterocycles. The van der Waals surface area contributed by atoms with Crippen molar-refractivity contribution in [3.63, 3.8) is 0 Å². The van der Waals surface area contributed by atoms with Gasteiger partial charge in [0.2, 0.25) is 0 Å². The van der Waals surface area contributed by atoms with Gasteiger partial charge in [-0.3, -0.25) is 4.68 Å². The monoisotopic (exact) mass is 353 g/mol. The molecule has 0 bridgehead atoms. The second-order valence-electron chi connectivity index (χ2n) is 6.64. The third-order valence-electron chi connectivity index (χ3n) is 4.76. The zero-order chi connectivity index (χ0) is 18.1. The Bertz CT molecular complexity index is 950. The van der Waals surface area contributed by atoms with E-state index < -0.39 is 0 Å². The van der Waals surface area contributed by atoms with Crippen molar-refractivity contribution in [1.29, 1.82) is 0 Å². The number of fused-ring (bicyclic) bond motifs is 2. The summed E-state index contributed by atoms with van der Waals surface area (Å²) in [7, 11) is 3.50. The molecule has 8 nitrogen and oxygen atoms in total. The SMILES string of the molecule is COCc1nc(NCc2nc(C)c3c(n2)CCCC3)c2cnn(C)c2n1. The first-order valence-electron chi connectivity index (χ1n) is 8.92. The number of ether oxygens (including phenoxy) is 1. The summed E-state index contributed by atoms with van der Waals surface area (Å²) in [4.78, 5) is 18.5. The maximum atomic E-state index is 5.18. The van der Waals surface area contributed by atoms with Gasteiger partial charge in [0.05, 0.1) is 18.1 Å². The number of rotatable bonds is 5. The Hall–Kier alpha value is -2.61. The van der Waals surface area contributed by atoms with Crippen LogP contribution in [-0.4, -0.2) is 36.8 Å². The van der Waals surface area contributed by atoms with Crippen molar-refractivity contribution in [2.24, 2.45) is 7.05 Å². The molecule has 0 saturated heterocycles. The summed E-state index contributed by atoms with van der Waals surface area (Å²) in [5, 5.41) is 8.53. The van der Waals surface area contributed by atoms with E-state index in [9.17, 15) is 0 Å². The van der Waals surface area contributed by atoms with E-state index in [4.69, 9.17) is 9.72 Å². The molecular formula is C18H23N7O. The zero-order valence-corrected chi connectivity index (χ0v) is 15.4. The number of hydrogen-bond acceptors (Lipinski definition) is 7. The molecule has 8 heteroatoms. The highest BCUT2D eigenvalue weighted by molar-refractivity contribution is 5.86. The van der Waals surface area contributed by atoms with E-state index in [1.807, 2.05) is 7.05 Å². The van der Waals surface area contributed by atoms with Crippen molar-refractivity contribution in [3.05, 3.63) is 34.8 Å². The lowest BCUT2D eigenvalue weighted by Gasteiger charge is -2.17. The second kappa shape index (κ2) is 6.95. The fourth-order valence-electron chi connectivity index (χ4n) is 3.48. The first kappa shape index (κ1) is 16.8. The fourth-order valence-corrected chi connectivity index (χ4v) is 3.48. The summed E-state index contributed by atoms with van der Waals surface area (Å²) in [6, 6.07) is 0. The molecule has 0 fully saturated rings. The Morgan fingerprint density at radius 2 is 1.96 bits per heavy atom. The largest absolute Gasteiger partial charge is 0.377 e. The maximum Gasteiger partial charge on any atom is 0.163 e. The maximum absolute atomic E-state index is 5.18. The molecule has 26 heavy (non-hydrogen) atoms. The van der Waals surface area contributed by atoms with E-state index in [1.54, 1.807) is 18.0 Å². The summed E-state index contributed by atoms with van der Waals surface area (Å²) in [5.41, 5.74) is 4.41. The van der Waals surface area contributed by atoms with Gasteiger partial charge in [-0.15, -0.1) is 0 Å². The van der Waals surface area contributed by atoms with Crippen molar-refractivity contribution < 1.29 is 4.74 Å². The van der Waals surface area contributed by atoms with E-state index in [1.165, 1.54) is 24.1 Å². The van der Waals surface area contributed by atoms with Crippen LogP contribution >= 0.6 is 0 Å². The van der Waals surface area contributed by atoms with Gasteiger partial charge in [0.25, 0.3) is 0 Å². The summed E-state index contributed by atoms with van der Waals surface area (Å²) >= 11 is 0. The highest BCUT2D eigenvalue weighted by atomic mass is 16.5. The van der Waals surface area contributed by atoms with Crippen LogP contribution in [0.2, 0.25) is 0 Å². The number of aryl methyl sites for hydroxylation is 3. The second-order valence-corrected chi connectivity index (χ2v) is 6.64. The van der Waals surface area contributed by atoms with Crippen LogP contribution < -0.4 is 5.32 Å². The Labute approximate surface area is 152 Å². The third kappa shape index (κ3) is 3.12. The van der Waals surface area contributed by atoms with Crippen molar-refractivity contribution >= 4 is 16.9 Å². The minimum Gasteiger partial charge on any atom is -0.377 e. The summed E-state index contributed by atoms with van der Waals surface area (Å²) in [6.45, 7) is 2.95. The standard InChI is InChI=1S/C18H23N7O/c1-11-12-6-4-5-7-14(12)22-15(21-11)9-19-17-13-8-20-25(2)18(13)24-16(23-17)10-26-3/h8H,4-7,9-10H2,1-3H3,(H,19,23,24). The smallest absolute Gasteiger partial charge is 0.163 e. The molecule has 136 valence electrons. The van der Waals surface area contributed by atoms with Gasteiger partial charge in [-0.1, -0.05) is 0 Å². The van der Waals surface area contributed by atoms with Gasteiger partial charge in [-0.25, -0.2) is 19.9 Å². The van der Waals surface area contributed by atoms with E-state index in [0.717, 1.165) is 41.2 Å². The number of anilines is 1. The molecule has 0 aromatic carbocycles. The molecule has 0 unspecified atom stereocenters. The van der Waals surface area contributed by atoms with Gasteiger partial charge in [-0.2, -0.15) is 5.10 Å². The Morgan fingerprint density at radius 3 is 2.81 bits per heavy atom. The molecule has 1 aliphatic carbocycles. The zero-order valence-electron chi connectivity index (χ0n) is 15.4. The Morgan fingerprint density at radius 1 is 1.12 bits per heavy atom. The number of methoxy groups -OCH3 is 1. The molecule has 0 radical (unpaired) electrons. The molecule has 3 heterocycles. The average Bonchev–Trinajstić information content (AvgIpc) is 3.01. The van der Waals surface area contributed by atoms with E-state index >= 15 is 0 Å². The molecule has 0 amide bonds. The van der Waals surface area contributed by atoms with Crippen LogP contribution in [0.5, 0.6) is 0 Å². The first-order chi connectivity index (χ1) is 12.7. The van der Waals surface area contributed by atoms with E-state index in [0.29, 0.717) is 19.0 Å². The summed E-state index contributed by atoms with van der Waals surface area (Å²) < 4.78 is 6.92. The van der Waals surface area contributed by atoms with Crippen molar-refractivity contribution in [3.8, 4) is 0 Å². The highest BCUT2D eigenvalue weighted by Gasteiger charge is 2.16. The molecule has 1 N–H and O–H groups in total. The number of nitrogens with zero attached hydrogens (tertiary/aromatic N) is 6. The van der Waals surface area contributed by atoms with Crippen LogP contribution in [0.3, 0.4) is 0 Å². The molecule has 4 rings (SSSR count). The lowest BCUT2D eigenvalue weighted by Crippen LogP contribution is -2.15. The molecule has 0 spiro atoms. The van der Waals surface area contributed by atoms with Crippen LogP contribution in [0.4, 0.5) is 5.82 Å². The molecule has 0 saturated carbocycles. The van der Waals surface area contributed by atoms with Crippen LogP contribution in [0.25, 0.3) is 11.0 Å². The first-order valence-corrected chi connectivity index (χ1v) is 8.92. The minimum atomic E-state index is 0.351. The van der Waals surface area contributed by atoms with Crippen LogP contribution in [0, 0.1) is 6.92 Å². The van der Waals surface area contributed by atoms with Crippen molar-refractivity contribution in [1.82, 2.24) is 29.7 Å². The molecule has 0 atom stereocenters. The lowest BCUT2D eigenvalue weighted by atomic mass is 9.95. The predicted octanol–water partition coefficient (Wildman–Crippen LogP) is 2.10. The van der Waals surface area contributed by atoms with Crippen LogP contribution in [-0.2, 0) is 37.8 Å². The lowest BCUT2D eigenvalue weighted by molar-refractivity contribution is 0.178. The number of nitrogens with one attached hydrogen (secondary N) is 1. The van der Waals surface area contributed by atoms with Gasteiger partial charge in [0.1, 0.15) is 18.2 Å². The predicted molar refractivity (Wildman–Crippen MR) is 97.8 cm³/mol. The Balaban J connectivity index is 1.62. The minimum absolute atomic E-state index is 0.351.